The highest BCUT2D eigenvalue weighted by molar-refractivity contribution is 5.39. The Balaban J connectivity index is 1.77. The highest BCUT2D eigenvalue weighted by atomic mass is 15.3. The molecule has 0 radical (unpaired) electrons. The molecule has 78 valence electrons. The summed E-state index contributed by atoms with van der Waals surface area (Å²) in [5.41, 5.74) is 2.82. The molecule has 0 saturated carbocycles. The summed E-state index contributed by atoms with van der Waals surface area (Å²) in [5.74, 6) is 0.761. The van der Waals surface area contributed by atoms with Crippen molar-refractivity contribution in [3.63, 3.8) is 0 Å². The third-order valence-electron chi connectivity index (χ3n) is 3.01. The lowest BCUT2D eigenvalue weighted by atomic mass is 9.78. The van der Waals surface area contributed by atoms with Crippen molar-refractivity contribution in [2.75, 3.05) is 0 Å². The Morgan fingerprint density at radius 2 is 2.31 bits per heavy atom. The number of nitriles is 1. The lowest BCUT2D eigenvalue weighted by Crippen LogP contribution is -2.22. The standard InChI is InChI=1S/C12H10N4/c13-6-12-14-8-16(15-12)7-10-5-9-3-1-2-4-11(9)10/h1-4,8,10H,5,7H2. The molecule has 2 aromatic rings. The van der Waals surface area contributed by atoms with E-state index in [-0.39, 0.29) is 5.82 Å². The first-order valence-electron chi connectivity index (χ1n) is 5.24. The van der Waals surface area contributed by atoms with Gasteiger partial charge in [0.2, 0.25) is 0 Å². The van der Waals surface area contributed by atoms with Gasteiger partial charge >= 0.3 is 0 Å². The fourth-order valence-corrected chi connectivity index (χ4v) is 2.19. The minimum Gasteiger partial charge on any atom is -0.251 e. The highest BCUT2D eigenvalue weighted by Gasteiger charge is 2.25. The van der Waals surface area contributed by atoms with Crippen molar-refractivity contribution in [3.8, 4) is 6.07 Å². The second-order valence-electron chi connectivity index (χ2n) is 4.00. The zero-order valence-corrected chi connectivity index (χ0v) is 8.67. The van der Waals surface area contributed by atoms with Gasteiger partial charge in [0, 0.05) is 12.5 Å². The van der Waals surface area contributed by atoms with Crippen LogP contribution in [0.5, 0.6) is 0 Å². The molecular formula is C12H10N4. The van der Waals surface area contributed by atoms with Crippen LogP contribution in [0.1, 0.15) is 22.9 Å². The maximum Gasteiger partial charge on any atom is 0.252 e. The predicted molar refractivity (Wildman–Crippen MR) is 57.6 cm³/mol. The zero-order chi connectivity index (χ0) is 11.0. The Morgan fingerprint density at radius 1 is 1.44 bits per heavy atom. The second-order valence-corrected chi connectivity index (χ2v) is 4.00. The topological polar surface area (TPSA) is 54.5 Å². The molecule has 4 heteroatoms. The highest BCUT2D eigenvalue weighted by Crippen LogP contribution is 2.35. The number of hydrogen-bond acceptors (Lipinski definition) is 3. The van der Waals surface area contributed by atoms with Crippen LogP contribution in [0.2, 0.25) is 0 Å². The van der Waals surface area contributed by atoms with Crippen molar-refractivity contribution in [2.45, 2.75) is 18.9 Å². The normalized spacial score (nSPS) is 17.3. The van der Waals surface area contributed by atoms with Gasteiger partial charge in [-0.1, -0.05) is 24.3 Å². The van der Waals surface area contributed by atoms with Crippen molar-refractivity contribution in [2.24, 2.45) is 0 Å². The summed E-state index contributed by atoms with van der Waals surface area (Å²) in [6.07, 6.45) is 2.72. The Hall–Kier alpha value is -2.15. The Morgan fingerprint density at radius 3 is 3.06 bits per heavy atom. The van der Waals surface area contributed by atoms with Gasteiger partial charge in [-0.05, 0) is 17.5 Å². The minimum atomic E-state index is 0.243. The van der Waals surface area contributed by atoms with E-state index in [9.17, 15) is 0 Å². The Bertz CT molecular complexity index is 564. The molecule has 0 amide bonds. The molecule has 1 aliphatic rings. The van der Waals surface area contributed by atoms with Gasteiger partial charge < -0.3 is 0 Å². The smallest absolute Gasteiger partial charge is 0.251 e. The van der Waals surface area contributed by atoms with Gasteiger partial charge in [0.05, 0.1) is 0 Å². The number of benzene rings is 1. The van der Waals surface area contributed by atoms with Crippen LogP contribution in [-0.4, -0.2) is 14.8 Å². The third kappa shape index (κ3) is 1.38. The van der Waals surface area contributed by atoms with E-state index in [1.807, 2.05) is 6.07 Å². The predicted octanol–water partition coefficient (Wildman–Crippen LogP) is 1.49. The number of rotatable bonds is 2. The zero-order valence-electron chi connectivity index (χ0n) is 8.67. The summed E-state index contributed by atoms with van der Waals surface area (Å²) in [6.45, 7) is 0.811. The van der Waals surface area contributed by atoms with Crippen LogP contribution in [0.15, 0.2) is 30.6 Å². The maximum atomic E-state index is 8.63. The lowest BCUT2D eigenvalue weighted by Gasteiger charge is -2.29. The summed E-state index contributed by atoms with van der Waals surface area (Å²) in [7, 11) is 0. The van der Waals surface area contributed by atoms with Crippen molar-refractivity contribution in [1.29, 1.82) is 5.26 Å². The van der Waals surface area contributed by atoms with Gasteiger partial charge in [-0.15, -0.1) is 5.10 Å². The van der Waals surface area contributed by atoms with E-state index in [1.165, 1.54) is 11.1 Å². The van der Waals surface area contributed by atoms with Crippen LogP contribution in [0, 0.1) is 11.3 Å². The molecule has 16 heavy (non-hydrogen) atoms. The monoisotopic (exact) mass is 210 g/mol. The second kappa shape index (κ2) is 3.46. The molecule has 1 aliphatic carbocycles. The molecule has 1 heterocycles. The largest absolute Gasteiger partial charge is 0.252 e. The molecule has 1 aromatic heterocycles. The SMILES string of the molecule is N#Cc1ncn(CC2Cc3ccccc32)n1. The fraction of sp³-hybridized carbons (Fsp3) is 0.250. The number of aromatic nitrogens is 3. The van der Waals surface area contributed by atoms with Crippen molar-refractivity contribution >= 4 is 0 Å². The quantitative estimate of drug-likeness (QED) is 0.754. The van der Waals surface area contributed by atoms with Gasteiger partial charge in [-0.3, -0.25) is 4.68 Å². The average Bonchev–Trinajstić information content (AvgIpc) is 2.74. The summed E-state index contributed by atoms with van der Waals surface area (Å²) in [6, 6.07) is 10.4. The van der Waals surface area contributed by atoms with Crippen LogP contribution in [0.25, 0.3) is 0 Å². The first kappa shape index (κ1) is 9.10. The van der Waals surface area contributed by atoms with Crippen LogP contribution in [0.3, 0.4) is 0 Å². The van der Waals surface area contributed by atoms with Crippen molar-refractivity contribution in [1.82, 2.24) is 14.8 Å². The van der Waals surface area contributed by atoms with Gasteiger partial charge in [0.15, 0.2) is 0 Å². The maximum absolute atomic E-state index is 8.63. The molecule has 0 saturated heterocycles. The molecule has 3 rings (SSSR count). The van der Waals surface area contributed by atoms with Crippen LogP contribution in [-0.2, 0) is 13.0 Å². The molecule has 0 aliphatic heterocycles. The third-order valence-corrected chi connectivity index (χ3v) is 3.01. The minimum absolute atomic E-state index is 0.243. The lowest BCUT2D eigenvalue weighted by molar-refractivity contribution is 0.473. The van der Waals surface area contributed by atoms with Gasteiger partial charge in [-0.2, -0.15) is 5.26 Å². The van der Waals surface area contributed by atoms with E-state index in [0.29, 0.717) is 5.92 Å². The summed E-state index contributed by atoms with van der Waals surface area (Å²) >= 11 is 0. The summed E-state index contributed by atoms with van der Waals surface area (Å²) < 4.78 is 1.75. The van der Waals surface area contributed by atoms with Crippen LogP contribution < -0.4 is 0 Å². The van der Waals surface area contributed by atoms with E-state index in [4.69, 9.17) is 5.26 Å². The molecule has 0 N–H and O–H groups in total. The molecular weight excluding hydrogens is 200 g/mol. The molecule has 4 nitrogen and oxygen atoms in total. The first-order chi connectivity index (χ1) is 7.86. The van der Waals surface area contributed by atoms with Crippen molar-refractivity contribution < 1.29 is 0 Å². The van der Waals surface area contributed by atoms with Crippen molar-refractivity contribution in [3.05, 3.63) is 47.5 Å². The molecule has 0 bridgehead atoms. The first-order valence-corrected chi connectivity index (χ1v) is 5.24. The van der Waals surface area contributed by atoms with E-state index in [1.54, 1.807) is 11.0 Å². The molecule has 1 atom stereocenters. The van der Waals surface area contributed by atoms with Gasteiger partial charge in [-0.25, -0.2) is 4.98 Å². The fourth-order valence-electron chi connectivity index (χ4n) is 2.19. The summed E-state index contributed by atoms with van der Waals surface area (Å²) in [4.78, 5) is 3.89. The molecule has 1 aromatic carbocycles. The van der Waals surface area contributed by atoms with E-state index >= 15 is 0 Å². The summed E-state index contributed by atoms with van der Waals surface area (Å²) in [5, 5.41) is 12.7. The van der Waals surface area contributed by atoms with E-state index < -0.39 is 0 Å². The van der Waals surface area contributed by atoms with Gasteiger partial charge in [0.1, 0.15) is 12.4 Å². The van der Waals surface area contributed by atoms with E-state index in [0.717, 1.165) is 13.0 Å². The Labute approximate surface area is 93.2 Å². The molecule has 0 fully saturated rings. The number of nitrogens with zero attached hydrogens (tertiary/aromatic N) is 4. The number of fused-ring (bicyclic) bond motifs is 1. The van der Waals surface area contributed by atoms with Crippen LogP contribution in [0.4, 0.5) is 0 Å². The molecule has 0 spiro atoms. The Kier molecular flexibility index (Phi) is 1.97. The van der Waals surface area contributed by atoms with Gasteiger partial charge in [0.25, 0.3) is 5.82 Å². The average molecular weight is 210 g/mol. The van der Waals surface area contributed by atoms with E-state index in [2.05, 4.69) is 34.3 Å². The molecule has 1 unspecified atom stereocenters. The van der Waals surface area contributed by atoms with Crippen LogP contribution >= 0.6 is 0 Å². The number of hydrogen-bond donors (Lipinski definition) is 0.